The van der Waals surface area contributed by atoms with Crippen LogP contribution in [0.2, 0.25) is 0 Å². The molecule has 7 heteroatoms. The van der Waals surface area contributed by atoms with Crippen LogP contribution in [0.15, 0.2) is 83.8 Å². The van der Waals surface area contributed by atoms with E-state index in [-0.39, 0.29) is 22.5 Å². The first-order valence-corrected chi connectivity index (χ1v) is 10.9. The molecular formula is C23H22N2O4S. The van der Waals surface area contributed by atoms with Crippen molar-refractivity contribution in [2.24, 2.45) is 0 Å². The van der Waals surface area contributed by atoms with E-state index in [9.17, 15) is 18.0 Å². The fraction of sp³-hybridized carbons (Fsp3) is 0.130. The highest BCUT2D eigenvalue weighted by Gasteiger charge is 2.17. The maximum absolute atomic E-state index is 12.6. The molecule has 0 heterocycles. The number of hydrogen-bond acceptors (Lipinski definition) is 4. The molecule has 1 N–H and O–H groups in total. The third-order valence-corrected chi connectivity index (χ3v) is 6.19. The van der Waals surface area contributed by atoms with Gasteiger partial charge in [0, 0.05) is 19.7 Å². The molecule has 0 bridgehead atoms. The average Bonchev–Trinajstić information content (AvgIpc) is 2.74. The molecule has 0 aliphatic carbocycles. The van der Waals surface area contributed by atoms with Crippen molar-refractivity contribution in [1.82, 2.24) is 4.90 Å². The summed E-state index contributed by atoms with van der Waals surface area (Å²) in [4.78, 5) is 26.6. The number of anilines is 1. The molecule has 3 aromatic rings. The minimum absolute atomic E-state index is 0.154. The van der Waals surface area contributed by atoms with Crippen LogP contribution in [0.4, 0.5) is 5.69 Å². The fourth-order valence-electron chi connectivity index (χ4n) is 2.90. The first-order chi connectivity index (χ1) is 14.3. The van der Waals surface area contributed by atoms with Gasteiger partial charge in [0.1, 0.15) is 0 Å². The van der Waals surface area contributed by atoms with E-state index in [0.29, 0.717) is 22.4 Å². The van der Waals surface area contributed by atoms with Gasteiger partial charge in [0.2, 0.25) is 0 Å². The van der Waals surface area contributed by atoms with Crippen molar-refractivity contribution in [1.29, 1.82) is 0 Å². The highest BCUT2D eigenvalue weighted by Crippen LogP contribution is 2.19. The van der Waals surface area contributed by atoms with E-state index >= 15 is 0 Å². The summed E-state index contributed by atoms with van der Waals surface area (Å²) in [5, 5.41) is 2.75. The van der Waals surface area contributed by atoms with Crippen molar-refractivity contribution in [2.45, 2.75) is 10.6 Å². The fourth-order valence-corrected chi connectivity index (χ4v) is 4.27. The van der Waals surface area contributed by atoms with Crippen LogP contribution < -0.4 is 5.32 Å². The molecule has 0 atom stereocenters. The second-order valence-corrected chi connectivity index (χ2v) is 8.96. The van der Waals surface area contributed by atoms with Crippen LogP contribution in [-0.4, -0.2) is 39.2 Å². The molecule has 0 saturated carbocycles. The average molecular weight is 423 g/mol. The molecule has 3 rings (SSSR count). The van der Waals surface area contributed by atoms with Gasteiger partial charge < -0.3 is 10.2 Å². The van der Waals surface area contributed by atoms with E-state index in [2.05, 4.69) is 5.32 Å². The molecule has 0 aromatic heterocycles. The van der Waals surface area contributed by atoms with Crippen LogP contribution in [0.1, 0.15) is 26.3 Å². The quantitative estimate of drug-likeness (QED) is 0.658. The van der Waals surface area contributed by atoms with Gasteiger partial charge in [-0.2, -0.15) is 0 Å². The molecule has 154 valence electrons. The monoisotopic (exact) mass is 422 g/mol. The van der Waals surface area contributed by atoms with Crippen molar-refractivity contribution in [3.05, 3.63) is 95.6 Å². The van der Waals surface area contributed by atoms with Crippen LogP contribution >= 0.6 is 0 Å². The van der Waals surface area contributed by atoms with Gasteiger partial charge in [-0.3, -0.25) is 9.59 Å². The second-order valence-electron chi connectivity index (χ2n) is 6.97. The Bertz CT molecular complexity index is 1160. The Morgan fingerprint density at radius 3 is 2.07 bits per heavy atom. The summed E-state index contributed by atoms with van der Waals surface area (Å²) in [6.07, 6.45) is 0. The summed E-state index contributed by atoms with van der Waals surface area (Å²) in [6, 6.07) is 21.4. The molecule has 0 saturated heterocycles. The number of hydrogen-bond donors (Lipinski definition) is 1. The summed E-state index contributed by atoms with van der Waals surface area (Å²) < 4.78 is 25.0. The van der Waals surface area contributed by atoms with E-state index in [1.54, 1.807) is 93.0 Å². The second kappa shape index (κ2) is 8.92. The first kappa shape index (κ1) is 21.3. The summed E-state index contributed by atoms with van der Waals surface area (Å²) >= 11 is 0. The van der Waals surface area contributed by atoms with Crippen LogP contribution in [-0.2, 0) is 15.6 Å². The highest BCUT2D eigenvalue weighted by atomic mass is 32.2. The summed E-state index contributed by atoms with van der Waals surface area (Å²) in [5.41, 5.74) is 1.75. The molecule has 30 heavy (non-hydrogen) atoms. The van der Waals surface area contributed by atoms with E-state index in [1.165, 1.54) is 4.90 Å². The Morgan fingerprint density at radius 1 is 0.833 bits per heavy atom. The Labute approximate surface area is 176 Å². The SMILES string of the molecule is CN(C)C(=O)c1ccccc1NC(=O)c1ccc(CS(=O)(=O)c2ccccc2)cc1. The number of sulfone groups is 1. The maximum Gasteiger partial charge on any atom is 0.255 e. The zero-order valence-electron chi connectivity index (χ0n) is 16.7. The minimum atomic E-state index is -3.46. The predicted molar refractivity (Wildman–Crippen MR) is 116 cm³/mol. The summed E-state index contributed by atoms with van der Waals surface area (Å²) in [7, 11) is -0.177. The molecular weight excluding hydrogens is 400 g/mol. The number of amides is 2. The smallest absolute Gasteiger partial charge is 0.255 e. The number of carbonyl (C=O) groups is 2. The highest BCUT2D eigenvalue weighted by molar-refractivity contribution is 7.90. The predicted octanol–water partition coefficient (Wildman–Crippen LogP) is 3.61. The Morgan fingerprint density at radius 2 is 1.43 bits per heavy atom. The van der Waals surface area contributed by atoms with Crippen molar-refractivity contribution in [3.8, 4) is 0 Å². The van der Waals surface area contributed by atoms with Gasteiger partial charge >= 0.3 is 0 Å². The van der Waals surface area contributed by atoms with Crippen molar-refractivity contribution in [2.75, 3.05) is 19.4 Å². The van der Waals surface area contributed by atoms with Crippen molar-refractivity contribution >= 4 is 27.3 Å². The molecule has 2 amide bonds. The van der Waals surface area contributed by atoms with Crippen molar-refractivity contribution in [3.63, 3.8) is 0 Å². The molecule has 6 nitrogen and oxygen atoms in total. The molecule has 3 aromatic carbocycles. The Kier molecular flexibility index (Phi) is 6.32. The zero-order valence-corrected chi connectivity index (χ0v) is 17.5. The molecule has 0 radical (unpaired) electrons. The van der Waals surface area contributed by atoms with Gasteiger partial charge in [0.25, 0.3) is 11.8 Å². The first-order valence-electron chi connectivity index (χ1n) is 9.27. The third kappa shape index (κ3) is 4.93. The topological polar surface area (TPSA) is 83.6 Å². The molecule has 0 unspecified atom stereocenters. The molecule has 0 fully saturated rings. The number of carbonyl (C=O) groups excluding carboxylic acids is 2. The number of benzene rings is 3. The largest absolute Gasteiger partial charge is 0.345 e. The van der Waals surface area contributed by atoms with E-state index < -0.39 is 9.84 Å². The molecule has 0 aliphatic heterocycles. The van der Waals surface area contributed by atoms with Crippen LogP contribution in [0.3, 0.4) is 0 Å². The molecule has 0 spiro atoms. The van der Waals surface area contributed by atoms with Gasteiger partial charge in [0.05, 0.1) is 21.9 Å². The lowest BCUT2D eigenvalue weighted by Gasteiger charge is -2.14. The normalized spacial score (nSPS) is 11.0. The van der Waals surface area contributed by atoms with E-state index in [1.807, 2.05) is 0 Å². The molecule has 0 aliphatic rings. The Hall–Kier alpha value is -3.45. The minimum Gasteiger partial charge on any atom is -0.345 e. The van der Waals surface area contributed by atoms with Crippen LogP contribution in [0, 0.1) is 0 Å². The van der Waals surface area contributed by atoms with Crippen molar-refractivity contribution < 1.29 is 18.0 Å². The lowest BCUT2D eigenvalue weighted by Crippen LogP contribution is -2.24. The maximum atomic E-state index is 12.6. The Balaban J connectivity index is 1.75. The number of nitrogens with one attached hydrogen (secondary N) is 1. The van der Waals surface area contributed by atoms with Gasteiger partial charge in [0.15, 0.2) is 9.84 Å². The van der Waals surface area contributed by atoms with Gasteiger partial charge in [-0.15, -0.1) is 0 Å². The third-order valence-electron chi connectivity index (χ3n) is 4.49. The zero-order chi connectivity index (χ0) is 21.7. The number of rotatable bonds is 6. The van der Waals surface area contributed by atoms with Gasteiger partial charge in [-0.05, 0) is 42.0 Å². The van der Waals surface area contributed by atoms with Gasteiger partial charge in [-0.25, -0.2) is 8.42 Å². The number of para-hydroxylation sites is 1. The van der Waals surface area contributed by atoms with Crippen LogP contribution in [0.5, 0.6) is 0 Å². The van der Waals surface area contributed by atoms with E-state index in [4.69, 9.17) is 0 Å². The van der Waals surface area contributed by atoms with Crippen LogP contribution in [0.25, 0.3) is 0 Å². The lowest BCUT2D eigenvalue weighted by molar-refractivity contribution is 0.0828. The van der Waals surface area contributed by atoms with Gasteiger partial charge in [-0.1, -0.05) is 42.5 Å². The summed E-state index contributed by atoms with van der Waals surface area (Å²) in [6.45, 7) is 0. The number of nitrogens with zero attached hydrogens (tertiary/aromatic N) is 1. The summed E-state index contributed by atoms with van der Waals surface area (Å²) in [5.74, 6) is -0.752. The van der Waals surface area contributed by atoms with E-state index in [0.717, 1.165) is 0 Å². The lowest BCUT2D eigenvalue weighted by atomic mass is 10.1. The standard InChI is InChI=1S/C23H22N2O4S/c1-25(2)23(27)20-10-6-7-11-21(20)24-22(26)18-14-12-17(13-15-18)16-30(28,29)19-8-4-3-5-9-19/h3-15H,16H2,1-2H3,(H,24,26).